The summed E-state index contributed by atoms with van der Waals surface area (Å²) in [5.41, 5.74) is 21.1. The number of hydrogen-bond acceptors (Lipinski definition) is 11. The van der Waals surface area contributed by atoms with E-state index in [-0.39, 0.29) is 81.6 Å². The van der Waals surface area contributed by atoms with E-state index in [1.165, 1.54) is 6.92 Å². The summed E-state index contributed by atoms with van der Waals surface area (Å²) in [6, 6.07) is 12.9. The van der Waals surface area contributed by atoms with Gasteiger partial charge in [0.15, 0.2) is 5.96 Å². The molecular weight excluding hydrogens is 1120 g/mol. The number of para-hydroxylation sites is 2. The standard InChI is InChI=1S/C64H92N14O10/c1-10-38(8)54(62(86)76-52(32-42-34-70-47-24-17-15-22-44(42)47)59(83)75-51(60(84)77-53(63(87)88)29-37(6)7)31-41-33-69-46-23-16-14-21-43(41)46)78-61(85)50(28-36(4)5)74-57(81)48(25-18-26-68-64(66)67)72-55(79)39(9)71-58(82)49(27-35(2)3)73-56(80)45(65)30-40-19-12-11-13-20-40/h11-17,19-24,33-39,45,48-54,69-70H,10,18,25-32,65H2,1-9H3,(H,71,82)(H,72,79)(H,73,80)(H,74,81)(H,75,83)(H,76,86)(H,77,84)(H,78,85)(H,87,88)(H4,66,67,68)/t38-,39-,45-,48-,49-,50-,51-,52-,53-,54-/m0/s1. The molecule has 0 radical (unpaired) electrons. The van der Waals surface area contributed by atoms with Crippen LogP contribution in [0.4, 0.5) is 0 Å². The largest absolute Gasteiger partial charge is 0.480 e. The lowest BCUT2D eigenvalue weighted by atomic mass is 9.95. The number of carbonyl (C=O) groups is 9. The van der Waals surface area contributed by atoms with Gasteiger partial charge in [-0.2, -0.15) is 0 Å². The van der Waals surface area contributed by atoms with Gasteiger partial charge in [0.25, 0.3) is 0 Å². The van der Waals surface area contributed by atoms with E-state index in [0.29, 0.717) is 17.5 Å². The SMILES string of the molecule is CC[C@H](C)[C@H](NC(=O)[C@H](CC(C)C)NC(=O)[C@H](CCCN=C(N)N)NC(=O)[C@H](C)NC(=O)[C@H](CC(C)C)NC(=O)[C@@H](N)Cc1ccccc1)C(=O)N[C@@H](Cc1c[nH]c2ccccc12)C(=O)N[C@@H](Cc1c[nH]c2ccccc12)C(=O)N[C@@H](CC(C)C)C(=O)O. The first kappa shape index (κ1) is 70.0. The van der Waals surface area contributed by atoms with Gasteiger partial charge >= 0.3 is 5.97 Å². The van der Waals surface area contributed by atoms with Crippen LogP contribution in [-0.2, 0) is 62.4 Å². The number of fused-ring (bicyclic) bond motifs is 2. The molecule has 88 heavy (non-hydrogen) atoms. The molecule has 0 unspecified atom stereocenters. The smallest absolute Gasteiger partial charge is 0.326 e. The maximum atomic E-state index is 15.0. The van der Waals surface area contributed by atoms with Crippen molar-refractivity contribution in [3.8, 4) is 0 Å². The van der Waals surface area contributed by atoms with E-state index in [2.05, 4.69) is 57.5 Å². The summed E-state index contributed by atoms with van der Waals surface area (Å²) in [7, 11) is 0. The molecule has 2 aromatic heterocycles. The van der Waals surface area contributed by atoms with Crippen molar-refractivity contribution in [1.82, 2.24) is 52.5 Å². The summed E-state index contributed by atoms with van der Waals surface area (Å²) in [6.45, 7) is 16.1. The number of aromatic amines is 2. The number of hydrogen-bond donors (Lipinski definition) is 14. The monoisotopic (exact) mass is 1220 g/mol. The zero-order valence-electron chi connectivity index (χ0n) is 52.0. The van der Waals surface area contributed by atoms with Gasteiger partial charge in [0.1, 0.15) is 48.3 Å². The van der Waals surface area contributed by atoms with Gasteiger partial charge in [0.2, 0.25) is 47.3 Å². The fourth-order valence-corrected chi connectivity index (χ4v) is 10.3. The number of carboxylic acid groups (broad SMARTS) is 1. The molecule has 0 aliphatic heterocycles. The molecule has 0 bridgehead atoms. The molecule has 0 saturated heterocycles. The average molecular weight is 1220 g/mol. The molecule has 5 aromatic rings. The summed E-state index contributed by atoms with van der Waals surface area (Å²) in [6.07, 6.45) is 4.50. The van der Waals surface area contributed by atoms with E-state index in [9.17, 15) is 48.3 Å². The molecule has 3 aromatic carbocycles. The summed E-state index contributed by atoms with van der Waals surface area (Å²) in [4.78, 5) is 137. The third-order valence-corrected chi connectivity index (χ3v) is 15.2. The van der Waals surface area contributed by atoms with E-state index < -0.39 is 114 Å². The first-order valence-corrected chi connectivity index (χ1v) is 30.3. The number of benzene rings is 3. The molecule has 5 rings (SSSR count). The van der Waals surface area contributed by atoms with Crippen molar-refractivity contribution < 1.29 is 48.3 Å². The van der Waals surface area contributed by atoms with Gasteiger partial charge in [-0.1, -0.05) is 129 Å². The summed E-state index contributed by atoms with van der Waals surface area (Å²) in [5.74, 6) is -8.05. The zero-order valence-corrected chi connectivity index (χ0v) is 52.0. The number of H-pyrrole nitrogens is 2. The molecule has 24 nitrogen and oxygen atoms in total. The normalized spacial score (nSPS) is 14.9. The molecule has 0 spiro atoms. The molecule has 24 heteroatoms. The van der Waals surface area contributed by atoms with Gasteiger partial charge < -0.3 is 74.8 Å². The Morgan fingerprint density at radius 1 is 0.489 bits per heavy atom. The number of nitrogens with two attached hydrogens (primary N) is 3. The van der Waals surface area contributed by atoms with Crippen LogP contribution in [-0.4, -0.2) is 135 Å². The van der Waals surface area contributed by atoms with Gasteiger partial charge in [-0.25, -0.2) is 4.79 Å². The maximum Gasteiger partial charge on any atom is 0.326 e. The number of carbonyl (C=O) groups excluding carboxylic acids is 8. The minimum Gasteiger partial charge on any atom is -0.480 e. The Morgan fingerprint density at radius 3 is 1.41 bits per heavy atom. The van der Waals surface area contributed by atoms with E-state index in [1.54, 1.807) is 19.3 Å². The van der Waals surface area contributed by atoms with Gasteiger partial charge in [-0.05, 0) is 97.9 Å². The predicted octanol–water partition coefficient (Wildman–Crippen LogP) is 3.23. The van der Waals surface area contributed by atoms with Gasteiger partial charge in [-0.15, -0.1) is 0 Å². The number of rotatable bonds is 35. The van der Waals surface area contributed by atoms with Crippen LogP contribution in [0.2, 0.25) is 0 Å². The van der Waals surface area contributed by atoms with Crippen molar-refractivity contribution >= 4 is 81.0 Å². The highest BCUT2D eigenvalue weighted by Gasteiger charge is 2.37. The van der Waals surface area contributed by atoms with Gasteiger partial charge in [-0.3, -0.25) is 43.3 Å². The Balaban J connectivity index is 1.39. The second-order valence-corrected chi connectivity index (χ2v) is 24.1. The van der Waals surface area contributed by atoms with Crippen molar-refractivity contribution in [2.24, 2.45) is 45.9 Å². The molecule has 2 heterocycles. The molecule has 17 N–H and O–H groups in total. The Hall–Kier alpha value is -8.80. The van der Waals surface area contributed by atoms with Crippen molar-refractivity contribution in [2.75, 3.05) is 6.54 Å². The van der Waals surface area contributed by atoms with Crippen molar-refractivity contribution in [3.05, 3.63) is 108 Å². The highest BCUT2D eigenvalue weighted by atomic mass is 16.4. The van der Waals surface area contributed by atoms with E-state index in [1.807, 2.05) is 127 Å². The van der Waals surface area contributed by atoms with Crippen LogP contribution in [0.1, 0.15) is 118 Å². The number of guanidine groups is 1. The lowest BCUT2D eigenvalue weighted by Gasteiger charge is -2.30. The predicted molar refractivity (Wildman–Crippen MR) is 339 cm³/mol. The van der Waals surface area contributed by atoms with E-state index >= 15 is 0 Å². The maximum absolute atomic E-state index is 15.0. The van der Waals surface area contributed by atoms with E-state index in [4.69, 9.17) is 17.2 Å². The second-order valence-electron chi connectivity index (χ2n) is 24.1. The third kappa shape index (κ3) is 21.6. The zero-order chi connectivity index (χ0) is 64.8. The van der Waals surface area contributed by atoms with Crippen molar-refractivity contribution in [1.29, 1.82) is 0 Å². The highest BCUT2D eigenvalue weighted by molar-refractivity contribution is 5.99. The lowest BCUT2D eigenvalue weighted by molar-refractivity contribution is -0.142. The summed E-state index contributed by atoms with van der Waals surface area (Å²) >= 11 is 0. The first-order chi connectivity index (χ1) is 41.7. The Kier molecular flexibility index (Phi) is 27.0. The molecule has 0 aliphatic rings. The minimum absolute atomic E-state index is 0.0173. The Morgan fingerprint density at radius 2 is 0.909 bits per heavy atom. The van der Waals surface area contributed by atoms with Gasteiger partial charge in [0, 0.05) is 53.6 Å². The number of nitrogens with zero attached hydrogens (tertiary/aromatic N) is 1. The number of carboxylic acids is 1. The second kappa shape index (κ2) is 33.9. The van der Waals surface area contributed by atoms with E-state index in [0.717, 1.165) is 27.4 Å². The molecule has 478 valence electrons. The van der Waals surface area contributed by atoms with Crippen LogP contribution < -0.4 is 59.7 Å². The van der Waals surface area contributed by atoms with Crippen LogP contribution >= 0.6 is 0 Å². The molecule has 0 saturated carbocycles. The molecular formula is C64H92N14O10. The summed E-state index contributed by atoms with van der Waals surface area (Å²) in [5, 5.41) is 33.8. The molecule has 0 fully saturated rings. The Bertz CT molecular complexity index is 3190. The van der Waals surface area contributed by atoms with Crippen LogP contribution in [0.5, 0.6) is 0 Å². The molecule has 0 aliphatic carbocycles. The fraction of sp³-hybridized carbons (Fsp3) is 0.500. The van der Waals surface area contributed by atoms with Crippen LogP contribution in [0.25, 0.3) is 21.8 Å². The Labute approximate surface area is 514 Å². The average Bonchev–Trinajstić information content (AvgIpc) is 2.32. The highest BCUT2D eigenvalue weighted by Crippen LogP contribution is 2.23. The lowest BCUT2D eigenvalue weighted by Crippen LogP contribution is -2.61. The molecule has 8 amide bonds. The number of aliphatic carboxylic acids is 1. The van der Waals surface area contributed by atoms with Crippen LogP contribution in [0.15, 0.2) is 96.2 Å². The van der Waals surface area contributed by atoms with Crippen LogP contribution in [0, 0.1) is 23.7 Å². The van der Waals surface area contributed by atoms with Gasteiger partial charge in [0.05, 0.1) is 6.04 Å². The molecule has 10 atom stereocenters. The topological polar surface area (TPSA) is 392 Å². The number of aromatic nitrogens is 2. The summed E-state index contributed by atoms with van der Waals surface area (Å²) < 4.78 is 0. The number of amides is 8. The first-order valence-electron chi connectivity index (χ1n) is 30.3. The minimum atomic E-state index is -1.37. The van der Waals surface area contributed by atoms with Crippen molar-refractivity contribution in [3.63, 3.8) is 0 Å². The number of nitrogens with one attached hydrogen (secondary N) is 10. The third-order valence-electron chi connectivity index (χ3n) is 15.2. The van der Waals surface area contributed by atoms with Crippen molar-refractivity contribution in [2.45, 2.75) is 174 Å². The van der Waals surface area contributed by atoms with Crippen LogP contribution in [0.3, 0.4) is 0 Å². The number of aliphatic imine (C=N–C) groups is 1. The fourth-order valence-electron chi connectivity index (χ4n) is 10.3. The quantitative estimate of drug-likeness (QED) is 0.0158.